The van der Waals surface area contributed by atoms with E-state index in [4.69, 9.17) is 5.73 Å². The number of piperidine rings is 1. The monoisotopic (exact) mass is 410 g/mol. The summed E-state index contributed by atoms with van der Waals surface area (Å²) in [6, 6.07) is 7.48. The van der Waals surface area contributed by atoms with Crippen molar-refractivity contribution in [1.29, 1.82) is 0 Å². The third-order valence-corrected chi connectivity index (χ3v) is 5.90. The molecule has 3 N–H and O–H groups in total. The molecule has 2 unspecified atom stereocenters. The van der Waals surface area contributed by atoms with E-state index in [9.17, 15) is 9.59 Å². The van der Waals surface area contributed by atoms with E-state index in [0.717, 1.165) is 19.4 Å². The van der Waals surface area contributed by atoms with Crippen molar-refractivity contribution in [2.24, 2.45) is 11.7 Å². The van der Waals surface area contributed by atoms with Crippen molar-refractivity contribution in [3.63, 3.8) is 0 Å². The van der Waals surface area contributed by atoms with Crippen LogP contribution >= 0.6 is 24.2 Å². The highest BCUT2D eigenvalue weighted by Gasteiger charge is 2.28. The number of aromatic amines is 1. The van der Waals surface area contributed by atoms with Gasteiger partial charge in [0, 0.05) is 31.3 Å². The first-order valence-electron chi connectivity index (χ1n) is 9.13. The van der Waals surface area contributed by atoms with Crippen molar-refractivity contribution in [3.05, 3.63) is 40.4 Å². The Morgan fingerprint density at radius 2 is 2.19 bits per heavy atom. The molecule has 6 nitrogen and oxygen atoms in total. The van der Waals surface area contributed by atoms with E-state index in [1.54, 1.807) is 17.8 Å². The molecule has 0 saturated carbocycles. The van der Waals surface area contributed by atoms with Crippen molar-refractivity contribution in [3.8, 4) is 0 Å². The molecule has 1 aromatic carbocycles. The van der Waals surface area contributed by atoms with Crippen molar-refractivity contribution in [2.45, 2.75) is 38.0 Å². The highest BCUT2D eigenvalue weighted by molar-refractivity contribution is 7.98. The van der Waals surface area contributed by atoms with Gasteiger partial charge >= 0.3 is 0 Å². The maximum absolute atomic E-state index is 12.5. The zero-order chi connectivity index (χ0) is 18.5. The van der Waals surface area contributed by atoms with Crippen molar-refractivity contribution >= 4 is 41.0 Å². The van der Waals surface area contributed by atoms with Gasteiger partial charge in [0.2, 0.25) is 5.91 Å². The number of fused-ring (bicyclic) bond motifs is 1. The number of hydrogen-bond acceptors (Lipinski definition) is 5. The summed E-state index contributed by atoms with van der Waals surface area (Å²) in [5, 5.41) is 0.601. The molecule has 1 aliphatic heterocycles. The van der Waals surface area contributed by atoms with E-state index >= 15 is 0 Å². The summed E-state index contributed by atoms with van der Waals surface area (Å²) in [6.07, 6.45) is 2.54. The van der Waals surface area contributed by atoms with Gasteiger partial charge in [0.1, 0.15) is 5.82 Å². The number of nitrogens with zero attached hydrogens (tertiary/aromatic N) is 2. The molecule has 1 saturated heterocycles. The topological polar surface area (TPSA) is 92.1 Å². The average Bonchev–Trinajstić information content (AvgIpc) is 2.65. The van der Waals surface area contributed by atoms with E-state index in [-0.39, 0.29) is 29.9 Å². The first-order valence-corrected chi connectivity index (χ1v) is 10.3. The van der Waals surface area contributed by atoms with Crippen LogP contribution in [0, 0.1) is 5.92 Å². The van der Waals surface area contributed by atoms with Crippen molar-refractivity contribution in [1.82, 2.24) is 14.9 Å². The van der Waals surface area contributed by atoms with E-state index in [0.29, 0.717) is 47.1 Å². The number of aromatic nitrogens is 2. The summed E-state index contributed by atoms with van der Waals surface area (Å²) in [6.45, 7) is 3.56. The molecule has 8 heteroatoms. The lowest BCUT2D eigenvalue weighted by Gasteiger charge is -2.38. The molecule has 1 aliphatic rings. The van der Waals surface area contributed by atoms with E-state index in [2.05, 4.69) is 16.9 Å². The number of carbonyl (C=O) groups is 1. The second-order valence-corrected chi connectivity index (χ2v) is 8.04. The van der Waals surface area contributed by atoms with Gasteiger partial charge in [-0.05, 0) is 30.9 Å². The minimum Gasteiger partial charge on any atom is -0.338 e. The number of H-pyrrole nitrogens is 1. The molecule has 1 amide bonds. The number of benzene rings is 1. The molecular weight excluding hydrogens is 384 g/mol. The normalized spacial score (nSPS) is 19.7. The lowest BCUT2D eigenvalue weighted by Crippen LogP contribution is -2.49. The molecule has 2 heterocycles. The van der Waals surface area contributed by atoms with Gasteiger partial charge in [-0.3, -0.25) is 9.59 Å². The summed E-state index contributed by atoms with van der Waals surface area (Å²) in [4.78, 5) is 33.8. The molecule has 2 aromatic rings. The quantitative estimate of drug-likeness (QED) is 0.714. The number of hydrogen-bond donors (Lipinski definition) is 2. The largest absolute Gasteiger partial charge is 0.338 e. The molecule has 0 spiro atoms. The number of para-hydroxylation sites is 1. The minimum atomic E-state index is -0.115. The summed E-state index contributed by atoms with van der Waals surface area (Å²) >= 11 is 1.61. The standard InChI is InChI=1S/C19H26N4O2S.ClH/c1-13-6-8-23(14(10-13)11-20)18(24)7-9-26-12-17-21-16-5-3-2-4-15(16)19(25)22-17;/h2-5,13-14H,6-12,20H2,1H3,(H,21,22,25);1H. The van der Waals surface area contributed by atoms with Crippen LogP contribution in [0.3, 0.4) is 0 Å². The number of rotatable bonds is 6. The van der Waals surface area contributed by atoms with Gasteiger partial charge < -0.3 is 15.6 Å². The number of nitrogens with one attached hydrogen (secondary N) is 1. The van der Waals surface area contributed by atoms with Gasteiger partial charge in [-0.15, -0.1) is 12.4 Å². The molecule has 1 aromatic heterocycles. The summed E-state index contributed by atoms with van der Waals surface area (Å²) in [5.41, 5.74) is 6.43. The number of thioether (sulfide) groups is 1. The summed E-state index contributed by atoms with van der Waals surface area (Å²) in [7, 11) is 0. The van der Waals surface area contributed by atoms with Gasteiger partial charge in [-0.1, -0.05) is 19.1 Å². The molecule has 0 aliphatic carbocycles. The number of likely N-dealkylation sites (tertiary alicyclic amines) is 1. The summed E-state index contributed by atoms with van der Waals surface area (Å²) in [5.74, 6) is 2.76. The highest BCUT2D eigenvalue weighted by Crippen LogP contribution is 2.23. The highest BCUT2D eigenvalue weighted by atomic mass is 35.5. The van der Waals surface area contributed by atoms with Crippen LogP contribution in [-0.4, -0.2) is 45.7 Å². The van der Waals surface area contributed by atoms with Crippen LogP contribution in [0.15, 0.2) is 29.1 Å². The Morgan fingerprint density at radius 3 is 2.96 bits per heavy atom. The average molecular weight is 411 g/mol. The number of carbonyl (C=O) groups excluding carboxylic acids is 1. The van der Waals surface area contributed by atoms with Crippen LogP contribution in [0.4, 0.5) is 0 Å². The van der Waals surface area contributed by atoms with Crippen LogP contribution in [0.5, 0.6) is 0 Å². The van der Waals surface area contributed by atoms with E-state index < -0.39 is 0 Å². The van der Waals surface area contributed by atoms with E-state index in [1.165, 1.54) is 0 Å². The molecule has 3 rings (SSSR count). The van der Waals surface area contributed by atoms with Crippen LogP contribution in [0.25, 0.3) is 10.9 Å². The third-order valence-electron chi connectivity index (χ3n) is 4.93. The van der Waals surface area contributed by atoms with Gasteiger partial charge in [0.15, 0.2) is 0 Å². The zero-order valence-electron chi connectivity index (χ0n) is 15.5. The molecule has 0 bridgehead atoms. The SMILES string of the molecule is CC1CCN(C(=O)CCSCc2nc3ccccc3c(=O)[nH]2)C(CN)C1.Cl. The minimum absolute atomic E-state index is 0. The number of nitrogens with two attached hydrogens (primary N) is 1. The van der Waals surface area contributed by atoms with E-state index in [1.807, 2.05) is 23.1 Å². The molecular formula is C19H27ClN4O2S. The Labute approximate surface area is 169 Å². The lowest BCUT2D eigenvalue weighted by atomic mass is 9.92. The molecule has 148 valence electrons. The fraction of sp³-hybridized carbons (Fsp3) is 0.526. The predicted octanol–water partition coefficient (Wildman–Crippen LogP) is 2.55. The maximum atomic E-state index is 12.5. The van der Waals surface area contributed by atoms with Crippen LogP contribution in [0.2, 0.25) is 0 Å². The Kier molecular flexibility index (Phi) is 8.13. The van der Waals surface area contributed by atoms with Crippen molar-refractivity contribution < 1.29 is 4.79 Å². The van der Waals surface area contributed by atoms with Crippen LogP contribution in [0.1, 0.15) is 32.0 Å². The zero-order valence-corrected chi connectivity index (χ0v) is 17.2. The van der Waals surface area contributed by atoms with Crippen LogP contribution < -0.4 is 11.3 Å². The summed E-state index contributed by atoms with van der Waals surface area (Å²) < 4.78 is 0. The first kappa shape index (κ1) is 21.7. The van der Waals surface area contributed by atoms with Crippen LogP contribution in [-0.2, 0) is 10.5 Å². The van der Waals surface area contributed by atoms with Gasteiger partial charge in [-0.25, -0.2) is 4.98 Å². The second kappa shape index (κ2) is 10.1. The Morgan fingerprint density at radius 1 is 1.41 bits per heavy atom. The molecule has 27 heavy (non-hydrogen) atoms. The smallest absolute Gasteiger partial charge is 0.258 e. The van der Waals surface area contributed by atoms with Gasteiger partial charge in [0.25, 0.3) is 5.56 Å². The maximum Gasteiger partial charge on any atom is 0.258 e. The van der Waals surface area contributed by atoms with Gasteiger partial charge in [0.05, 0.1) is 16.7 Å². The molecule has 2 atom stereocenters. The predicted molar refractivity (Wildman–Crippen MR) is 113 cm³/mol. The Hall–Kier alpha value is -1.57. The van der Waals surface area contributed by atoms with Gasteiger partial charge in [-0.2, -0.15) is 11.8 Å². The molecule has 1 fully saturated rings. The fourth-order valence-corrected chi connectivity index (χ4v) is 4.27. The lowest BCUT2D eigenvalue weighted by molar-refractivity contribution is -0.134. The fourth-order valence-electron chi connectivity index (χ4n) is 3.48. The Balaban J connectivity index is 0.00000261. The third kappa shape index (κ3) is 5.46. The first-order chi connectivity index (χ1) is 12.6. The number of amides is 1. The number of halogens is 1. The Bertz CT molecular complexity index is 829. The molecule has 0 radical (unpaired) electrons. The van der Waals surface area contributed by atoms with Crippen molar-refractivity contribution in [2.75, 3.05) is 18.8 Å². The second-order valence-electron chi connectivity index (χ2n) is 6.94.